The van der Waals surface area contributed by atoms with Crippen LogP contribution in [0.2, 0.25) is 0 Å². The zero-order valence-corrected chi connectivity index (χ0v) is 18.9. The van der Waals surface area contributed by atoms with Crippen molar-refractivity contribution in [2.24, 2.45) is 0 Å². The maximum absolute atomic E-state index is 13.2. The van der Waals surface area contributed by atoms with E-state index in [0.717, 1.165) is 45.2 Å². The molecule has 2 heterocycles. The smallest absolute Gasteiger partial charge is 0.340 e. The zero-order valence-electron chi connectivity index (χ0n) is 18.0. The van der Waals surface area contributed by atoms with Crippen LogP contribution < -0.4 is 4.90 Å². The van der Waals surface area contributed by atoms with Crippen LogP contribution in [0.25, 0.3) is 0 Å². The quantitative estimate of drug-likeness (QED) is 0.468. The Labute approximate surface area is 189 Å². The van der Waals surface area contributed by atoms with Crippen molar-refractivity contribution in [3.63, 3.8) is 0 Å². The number of nitrogens with zero attached hydrogens (tertiary/aromatic N) is 2. The molecular formula is C24H28N2O5S. The highest BCUT2D eigenvalue weighted by atomic mass is 32.2. The average Bonchev–Trinajstić information content (AvgIpc) is 3.38. The van der Waals surface area contributed by atoms with Crippen molar-refractivity contribution in [2.45, 2.75) is 37.0 Å². The molecular weight excluding hydrogens is 428 g/mol. The molecule has 0 atom stereocenters. The number of rotatable bonds is 7. The summed E-state index contributed by atoms with van der Waals surface area (Å²) in [4.78, 5) is 27.5. The molecule has 0 aromatic heterocycles. The van der Waals surface area contributed by atoms with Gasteiger partial charge in [0.05, 0.1) is 16.1 Å². The standard InChI is InChI=1S/C24H28N2O5S/c27-23(19-9-3-1-4-10-19)18-31-24(28)21-17-20(11-12-22(21)25-13-7-8-14-25)32(29,30)26-15-5-2-6-16-26/h1,3-4,9-12,17H,2,5-8,13-16,18H2. The van der Waals surface area contributed by atoms with Crippen LogP contribution in [0.5, 0.6) is 0 Å². The number of Topliss-reactive ketones (excluding diaryl/α,β-unsaturated/α-hetero) is 1. The predicted octanol–water partition coefficient (Wildman–Crippen LogP) is 3.50. The van der Waals surface area contributed by atoms with Crippen LogP contribution in [0.1, 0.15) is 52.8 Å². The SMILES string of the molecule is O=C(COC(=O)c1cc(S(=O)(=O)N2CCCCC2)ccc1N1CCCC1)c1ccccc1. The van der Waals surface area contributed by atoms with Gasteiger partial charge in [0.1, 0.15) is 0 Å². The maximum atomic E-state index is 13.2. The topological polar surface area (TPSA) is 84.0 Å². The lowest BCUT2D eigenvalue weighted by molar-refractivity contribution is 0.0475. The summed E-state index contributed by atoms with van der Waals surface area (Å²) < 4.78 is 33.1. The van der Waals surface area contributed by atoms with E-state index in [-0.39, 0.29) is 16.2 Å². The molecule has 8 heteroatoms. The molecule has 2 fully saturated rings. The molecule has 0 aliphatic carbocycles. The van der Waals surface area contributed by atoms with Crippen molar-refractivity contribution >= 4 is 27.5 Å². The highest BCUT2D eigenvalue weighted by molar-refractivity contribution is 7.89. The van der Waals surface area contributed by atoms with E-state index in [4.69, 9.17) is 4.74 Å². The Bertz CT molecular complexity index is 1070. The molecule has 2 aromatic carbocycles. The molecule has 0 saturated carbocycles. The number of sulfonamides is 1. The third-order valence-corrected chi connectivity index (χ3v) is 7.91. The summed E-state index contributed by atoms with van der Waals surface area (Å²) in [6.45, 7) is 2.16. The van der Waals surface area contributed by atoms with Gasteiger partial charge in [0.15, 0.2) is 12.4 Å². The van der Waals surface area contributed by atoms with Gasteiger partial charge >= 0.3 is 5.97 Å². The Kier molecular flexibility index (Phi) is 6.91. The first-order valence-corrected chi connectivity index (χ1v) is 12.6. The van der Waals surface area contributed by atoms with Gasteiger partial charge in [-0.25, -0.2) is 13.2 Å². The summed E-state index contributed by atoms with van der Waals surface area (Å²) in [5.41, 5.74) is 1.30. The Balaban J connectivity index is 1.59. The summed E-state index contributed by atoms with van der Waals surface area (Å²) in [6, 6.07) is 13.3. The number of carbonyl (C=O) groups excluding carboxylic acids is 2. The van der Waals surface area contributed by atoms with Gasteiger partial charge in [-0.15, -0.1) is 0 Å². The minimum Gasteiger partial charge on any atom is -0.454 e. The third kappa shape index (κ3) is 4.86. The molecule has 0 amide bonds. The second-order valence-electron chi connectivity index (χ2n) is 8.20. The van der Waals surface area contributed by atoms with E-state index >= 15 is 0 Å². The highest BCUT2D eigenvalue weighted by Crippen LogP contribution is 2.30. The summed E-state index contributed by atoms with van der Waals surface area (Å²) in [7, 11) is -3.69. The maximum Gasteiger partial charge on any atom is 0.340 e. The lowest BCUT2D eigenvalue weighted by atomic mass is 10.1. The number of hydrogen-bond donors (Lipinski definition) is 0. The number of hydrogen-bond acceptors (Lipinski definition) is 6. The molecule has 0 spiro atoms. The van der Waals surface area contributed by atoms with Crippen molar-refractivity contribution in [1.29, 1.82) is 0 Å². The molecule has 32 heavy (non-hydrogen) atoms. The summed E-state index contributed by atoms with van der Waals surface area (Å²) in [5, 5.41) is 0. The fraction of sp³-hybridized carbons (Fsp3) is 0.417. The van der Waals surface area contributed by atoms with Crippen LogP contribution in [0.15, 0.2) is 53.4 Å². The van der Waals surface area contributed by atoms with Gasteiger partial charge in [-0.05, 0) is 43.9 Å². The first-order valence-electron chi connectivity index (χ1n) is 11.1. The first kappa shape index (κ1) is 22.5. The fourth-order valence-corrected chi connectivity index (χ4v) is 5.79. The molecule has 170 valence electrons. The zero-order chi connectivity index (χ0) is 22.6. The van der Waals surface area contributed by atoms with E-state index in [9.17, 15) is 18.0 Å². The van der Waals surface area contributed by atoms with E-state index in [0.29, 0.717) is 24.3 Å². The van der Waals surface area contributed by atoms with Crippen LogP contribution in [0, 0.1) is 0 Å². The lowest BCUT2D eigenvalue weighted by Crippen LogP contribution is -2.35. The normalized spacial score (nSPS) is 17.3. The second kappa shape index (κ2) is 9.83. The van der Waals surface area contributed by atoms with Crippen LogP contribution in [-0.4, -0.2) is 57.3 Å². The van der Waals surface area contributed by atoms with Crippen molar-refractivity contribution in [3.8, 4) is 0 Å². The monoisotopic (exact) mass is 456 g/mol. The van der Waals surface area contributed by atoms with E-state index in [1.54, 1.807) is 42.5 Å². The van der Waals surface area contributed by atoms with Crippen molar-refractivity contribution in [3.05, 3.63) is 59.7 Å². The van der Waals surface area contributed by atoms with Crippen molar-refractivity contribution < 1.29 is 22.7 Å². The molecule has 2 saturated heterocycles. The molecule has 0 radical (unpaired) electrons. The molecule has 2 aliphatic heterocycles. The number of ketones is 1. The number of anilines is 1. The Hall–Kier alpha value is -2.71. The molecule has 4 rings (SSSR count). The summed E-state index contributed by atoms with van der Waals surface area (Å²) in [5.74, 6) is -0.995. The summed E-state index contributed by atoms with van der Waals surface area (Å²) >= 11 is 0. The van der Waals surface area contributed by atoms with Gasteiger partial charge in [-0.1, -0.05) is 36.8 Å². The number of ether oxygens (including phenoxy) is 1. The van der Waals surface area contributed by atoms with E-state index in [1.165, 1.54) is 10.4 Å². The largest absolute Gasteiger partial charge is 0.454 e. The average molecular weight is 457 g/mol. The number of benzene rings is 2. The Morgan fingerprint density at radius 1 is 0.844 bits per heavy atom. The van der Waals surface area contributed by atoms with Crippen molar-refractivity contribution in [2.75, 3.05) is 37.7 Å². The first-order chi connectivity index (χ1) is 15.5. The lowest BCUT2D eigenvalue weighted by Gasteiger charge is -2.27. The third-order valence-electron chi connectivity index (χ3n) is 6.02. The van der Waals surface area contributed by atoms with E-state index in [2.05, 4.69) is 4.90 Å². The van der Waals surface area contributed by atoms with Crippen LogP contribution in [-0.2, 0) is 14.8 Å². The minimum absolute atomic E-state index is 0.0867. The fourth-order valence-electron chi connectivity index (χ4n) is 4.24. The van der Waals surface area contributed by atoms with Crippen LogP contribution >= 0.6 is 0 Å². The van der Waals surface area contributed by atoms with Gasteiger partial charge in [-0.3, -0.25) is 4.79 Å². The van der Waals surface area contributed by atoms with Crippen LogP contribution in [0.3, 0.4) is 0 Å². The minimum atomic E-state index is -3.69. The number of piperidine rings is 1. The molecule has 0 N–H and O–H groups in total. The van der Waals surface area contributed by atoms with Gasteiger partial charge in [0, 0.05) is 31.7 Å². The molecule has 0 bridgehead atoms. The Morgan fingerprint density at radius 3 is 2.19 bits per heavy atom. The second-order valence-corrected chi connectivity index (χ2v) is 10.1. The molecule has 0 unspecified atom stereocenters. The van der Waals surface area contributed by atoms with Crippen molar-refractivity contribution in [1.82, 2.24) is 4.31 Å². The van der Waals surface area contributed by atoms with Gasteiger partial charge in [0.2, 0.25) is 10.0 Å². The molecule has 2 aliphatic rings. The molecule has 7 nitrogen and oxygen atoms in total. The van der Waals surface area contributed by atoms with Gasteiger partial charge in [-0.2, -0.15) is 4.31 Å². The van der Waals surface area contributed by atoms with E-state index in [1.807, 2.05) is 0 Å². The van der Waals surface area contributed by atoms with Crippen LogP contribution in [0.4, 0.5) is 5.69 Å². The molecule has 2 aromatic rings. The highest BCUT2D eigenvalue weighted by Gasteiger charge is 2.29. The predicted molar refractivity (Wildman–Crippen MR) is 122 cm³/mol. The van der Waals surface area contributed by atoms with Gasteiger partial charge < -0.3 is 9.64 Å². The van der Waals surface area contributed by atoms with E-state index < -0.39 is 22.6 Å². The Morgan fingerprint density at radius 2 is 1.50 bits per heavy atom. The summed E-state index contributed by atoms with van der Waals surface area (Å²) in [6.07, 6.45) is 4.71. The number of carbonyl (C=O) groups is 2. The number of esters is 1. The van der Waals surface area contributed by atoms with Gasteiger partial charge in [0.25, 0.3) is 0 Å².